The molecule has 1 heterocycles. The van der Waals surface area contributed by atoms with E-state index in [1.54, 1.807) is 6.92 Å². The van der Waals surface area contributed by atoms with Crippen LogP contribution in [-0.4, -0.2) is 23.5 Å². The number of aromatic amines is 1. The maximum absolute atomic E-state index is 12.1. The third-order valence-electron chi connectivity index (χ3n) is 3.11. The molecule has 106 valence electrons. The maximum Gasteiger partial charge on any atom is 0.256 e. The summed E-state index contributed by atoms with van der Waals surface area (Å²) in [5.41, 5.74) is 6.07. The Balaban J connectivity index is 2.91. The van der Waals surface area contributed by atoms with Gasteiger partial charge in [-0.25, -0.2) is 0 Å². The molecule has 0 aliphatic rings. The highest BCUT2D eigenvalue weighted by Crippen LogP contribution is 2.21. The molecule has 0 radical (unpaired) electrons. The number of carbonyl (C=O) groups is 1. The van der Waals surface area contributed by atoms with Gasteiger partial charge in [0.1, 0.15) is 5.56 Å². The molecule has 0 aliphatic carbocycles. The van der Waals surface area contributed by atoms with E-state index in [9.17, 15) is 9.59 Å². The first-order chi connectivity index (χ1) is 8.75. The van der Waals surface area contributed by atoms with E-state index in [0.29, 0.717) is 13.0 Å². The van der Waals surface area contributed by atoms with Crippen molar-refractivity contribution in [3.8, 4) is 0 Å². The van der Waals surface area contributed by atoms with Gasteiger partial charge in [0, 0.05) is 24.0 Å². The maximum atomic E-state index is 12.1. The van der Waals surface area contributed by atoms with E-state index in [-0.39, 0.29) is 28.4 Å². The summed E-state index contributed by atoms with van der Waals surface area (Å²) >= 11 is 0. The van der Waals surface area contributed by atoms with Crippen LogP contribution in [0.2, 0.25) is 0 Å². The van der Waals surface area contributed by atoms with Crippen LogP contribution in [0, 0.1) is 12.3 Å². The summed E-state index contributed by atoms with van der Waals surface area (Å²) < 4.78 is 0. The molecule has 0 spiro atoms. The largest absolute Gasteiger partial charge is 0.364 e. The second-order valence-electron chi connectivity index (χ2n) is 5.86. The molecule has 1 aromatic heterocycles. The van der Waals surface area contributed by atoms with Crippen LogP contribution >= 0.6 is 0 Å². The van der Waals surface area contributed by atoms with E-state index in [1.807, 2.05) is 20.8 Å². The number of amides is 1. The number of nitrogens with two attached hydrogens (primary N) is 1. The molecule has 4 N–H and O–H groups in total. The Bertz CT molecular complexity index is 500. The zero-order valence-electron chi connectivity index (χ0n) is 12.0. The van der Waals surface area contributed by atoms with E-state index < -0.39 is 0 Å². The lowest BCUT2D eigenvalue weighted by Crippen LogP contribution is -2.45. The zero-order chi connectivity index (χ0) is 14.6. The first-order valence-corrected chi connectivity index (χ1v) is 6.46. The minimum Gasteiger partial charge on any atom is -0.364 e. The Hall–Kier alpha value is -1.62. The van der Waals surface area contributed by atoms with E-state index in [2.05, 4.69) is 10.3 Å². The van der Waals surface area contributed by atoms with Gasteiger partial charge in [0.2, 0.25) is 0 Å². The molecule has 5 heteroatoms. The molecule has 1 rings (SSSR count). The van der Waals surface area contributed by atoms with Crippen LogP contribution in [0.15, 0.2) is 17.1 Å². The van der Waals surface area contributed by atoms with Gasteiger partial charge in [-0.1, -0.05) is 20.8 Å². The van der Waals surface area contributed by atoms with Crippen LogP contribution in [0.25, 0.3) is 0 Å². The third kappa shape index (κ3) is 4.21. The van der Waals surface area contributed by atoms with Crippen molar-refractivity contribution < 1.29 is 4.79 Å². The molecule has 0 saturated carbocycles. The van der Waals surface area contributed by atoms with Crippen LogP contribution < -0.4 is 16.5 Å². The van der Waals surface area contributed by atoms with Crippen LogP contribution in [0.4, 0.5) is 0 Å². The average Bonchev–Trinajstić information content (AvgIpc) is 2.26. The van der Waals surface area contributed by atoms with Crippen molar-refractivity contribution in [3.63, 3.8) is 0 Å². The molecule has 1 atom stereocenters. The van der Waals surface area contributed by atoms with Crippen LogP contribution in [0.1, 0.15) is 43.2 Å². The molecule has 19 heavy (non-hydrogen) atoms. The summed E-state index contributed by atoms with van der Waals surface area (Å²) in [5.74, 6) is -0.352. The number of hydrogen-bond donors (Lipinski definition) is 3. The smallest absolute Gasteiger partial charge is 0.256 e. The number of rotatable bonds is 4. The number of carbonyl (C=O) groups excluding carboxylic acids is 1. The summed E-state index contributed by atoms with van der Waals surface area (Å²) in [7, 11) is 0. The van der Waals surface area contributed by atoms with Gasteiger partial charge in [-0.15, -0.1) is 0 Å². The summed E-state index contributed by atoms with van der Waals surface area (Å²) in [6.45, 7) is 8.37. The molecule has 0 aliphatic heterocycles. The van der Waals surface area contributed by atoms with Crippen molar-refractivity contribution in [1.82, 2.24) is 10.3 Å². The number of hydrogen-bond acceptors (Lipinski definition) is 3. The second kappa shape index (κ2) is 6.02. The molecule has 5 nitrogen and oxygen atoms in total. The van der Waals surface area contributed by atoms with E-state index in [1.165, 1.54) is 12.3 Å². The first-order valence-electron chi connectivity index (χ1n) is 6.46. The van der Waals surface area contributed by atoms with E-state index in [0.717, 1.165) is 5.69 Å². The number of nitrogens with one attached hydrogen (secondary N) is 2. The quantitative estimate of drug-likeness (QED) is 0.763. The predicted molar refractivity (Wildman–Crippen MR) is 76.2 cm³/mol. The minimum atomic E-state index is -0.352. The Labute approximate surface area is 113 Å². The van der Waals surface area contributed by atoms with Gasteiger partial charge in [-0.05, 0) is 25.3 Å². The summed E-state index contributed by atoms with van der Waals surface area (Å²) in [5, 5.41) is 2.90. The van der Waals surface area contributed by atoms with Crippen LogP contribution in [-0.2, 0) is 0 Å². The minimum absolute atomic E-state index is 0.0642. The standard InChI is InChI=1S/C14H23N3O2/c1-9-7-11(18)10(8-16-9)13(19)17-12(5-6-15)14(2,3)4/h7-8,12H,5-6,15H2,1-4H3,(H,16,18)(H,17,19). The Kier molecular flexibility index (Phi) is 4.89. The topological polar surface area (TPSA) is 88.0 Å². The molecule has 0 fully saturated rings. The van der Waals surface area contributed by atoms with Gasteiger partial charge in [0.15, 0.2) is 5.43 Å². The summed E-state index contributed by atoms with van der Waals surface area (Å²) in [6.07, 6.45) is 2.13. The van der Waals surface area contributed by atoms with Crippen molar-refractivity contribution in [2.45, 2.75) is 40.2 Å². The van der Waals surface area contributed by atoms with Gasteiger partial charge in [-0.2, -0.15) is 0 Å². The van der Waals surface area contributed by atoms with Gasteiger partial charge in [0.05, 0.1) is 0 Å². The molecule has 1 unspecified atom stereocenters. The first kappa shape index (κ1) is 15.4. The molecule has 1 aromatic rings. The van der Waals surface area contributed by atoms with Gasteiger partial charge in [-0.3, -0.25) is 9.59 Å². The monoisotopic (exact) mass is 265 g/mol. The SMILES string of the molecule is Cc1cc(=O)c(C(=O)NC(CCN)C(C)(C)C)c[nH]1. The predicted octanol–water partition coefficient (Wildman–Crippen LogP) is 1.18. The van der Waals surface area contributed by atoms with Gasteiger partial charge in [0.25, 0.3) is 5.91 Å². The van der Waals surface area contributed by atoms with E-state index in [4.69, 9.17) is 5.73 Å². The van der Waals surface area contributed by atoms with Crippen LogP contribution in [0.5, 0.6) is 0 Å². The fourth-order valence-corrected chi connectivity index (χ4v) is 1.87. The highest BCUT2D eigenvalue weighted by Gasteiger charge is 2.26. The van der Waals surface area contributed by atoms with Crippen molar-refractivity contribution >= 4 is 5.91 Å². The molecule has 0 bridgehead atoms. The fourth-order valence-electron chi connectivity index (χ4n) is 1.87. The zero-order valence-corrected chi connectivity index (χ0v) is 12.0. The molecular formula is C14H23N3O2. The van der Waals surface area contributed by atoms with E-state index >= 15 is 0 Å². The summed E-state index contributed by atoms with van der Waals surface area (Å²) in [4.78, 5) is 26.8. The third-order valence-corrected chi connectivity index (χ3v) is 3.11. The number of H-pyrrole nitrogens is 1. The van der Waals surface area contributed by atoms with Crippen molar-refractivity contribution in [2.75, 3.05) is 6.54 Å². The molecule has 0 aromatic carbocycles. The van der Waals surface area contributed by atoms with Crippen molar-refractivity contribution in [3.05, 3.63) is 33.7 Å². The van der Waals surface area contributed by atoms with Crippen LogP contribution in [0.3, 0.4) is 0 Å². The van der Waals surface area contributed by atoms with Crippen molar-refractivity contribution in [2.24, 2.45) is 11.1 Å². The normalized spacial score (nSPS) is 13.1. The lowest BCUT2D eigenvalue weighted by molar-refractivity contribution is 0.0897. The molecular weight excluding hydrogens is 242 g/mol. The highest BCUT2D eigenvalue weighted by atomic mass is 16.2. The Morgan fingerprint density at radius 1 is 1.47 bits per heavy atom. The molecule has 0 saturated heterocycles. The highest BCUT2D eigenvalue weighted by molar-refractivity contribution is 5.94. The fraction of sp³-hybridized carbons (Fsp3) is 0.571. The average molecular weight is 265 g/mol. The number of aromatic nitrogens is 1. The van der Waals surface area contributed by atoms with Gasteiger partial charge < -0.3 is 16.0 Å². The molecule has 1 amide bonds. The number of aryl methyl sites for hydroxylation is 1. The lowest BCUT2D eigenvalue weighted by Gasteiger charge is -2.31. The number of pyridine rings is 1. The Morgan fingerprint density at radius 3 is 2.58 bits per heavy atom. The second-order valence-corrected chi connectivity index (χ2v) is 5.86. The lowest BCUT2D eigenvalue weighted by atomic mass is 9.84. The summed E-state index contributed by atoms with van der Waals surface area (Å²) in [6, 6.07) is 1.36. The Morgan fingerprint density at radius 2 is 2.11 bits per heavy atom. The van der Waals surface area contributed by atoms with Crippen molar-refractivity contribution in [1.29, 1.82) is 0 Å². The van der Waals surface area contributed by atoms with Gasteiger partial charge >= 0.3 is 0 Å².